The van der Waals surface area contributed by atoms with Crippen LogP contribution in [0.2, 0.25) is 0 Å². The van der Waals surface area contributed by atoms with Crippen LogP contribution in [0.1, 0.15) is 55.4 Å². The van der Waals surface area contributed by atoms with Gasteiger partial charge in [0.25, 0.3) is 0 Å². The largest absolute Gasteiger partial charge is 0.463 e. The summed E-state index contributed by atoms with van der Waals surface area (Å²) in [6.45, 7) is 7.56. The number of ether oxygens (including phenoxy) is 9. The highest BCUT2D eigenvalue weighted by atomic mass is 16.8. The third kappa shape index (κ3) is 12.1. The second kappa shape index (κ2) is 17.5. The maximum Gasteiger partial charge on any atom is 0.305 e. The summed E-state index contributed by atoms with van der Waals surface area (Å²) in [6.07, 6.45) is -12.1. The summed E-state index contributed by atoms with van der Waals surface area (Å²) < 4.78 is 50.1. The molecule has 0 aliphatic carbocycles. The maximum absolute atomic E-state index is 12.4. The monoisotopic (exact) mass is 676 g/mol. The first kappa shape index (κ1) is 38.8. The van der Waals surface area contributed by atoms with E-state index in [2.05, 4.69) is 10.6 Å². The van der Waals surface area contributed by atoms with Gasteiger partial charge in [-0.3, -0.25) is 38.4 Å². The molecule has 0 radical (unpaired) electrons. The number of carbonyl (C=O) groups is 8. The Kier molecular flexibility index (Phi) is 14.5. The zero-order valence-electron chi connectivity index (χ0n) is 27.1. The normalized spacial score (nSPS) is 30.0. The fraction of sp³-hybridized carbons (Fsp3) is 0.714. The van der Waals surface area contributed by atoms with Gasteiger partial charge in [0, 0.05) is 55.4 Å². The minimum atomic E-state index is -1.69. The molecular formula is C28H40N2O17. The lowest BCUT2D eigenvalue weighted by Crippen LogP contribution is -2.70. The van der Waals surface area contributed by atoms with Crippen molar-refractivity contribution in [1.29, 1.82) is 0 Å². The van der Waals surface area contributed by atoms with Crippen LogP contribution in [0.5, 0.6) is 0 Å². The lowest BCUT2D eigenvalue weighted by atomic mass is 9.94. The summed E-state index contributed by atoms with van der Waals surface area (Å²) in [6, 6.07) is -2.86. The fourth-order valence-corrected chi connectivity index (χ4v) is 4.95. The van der Waals surface area contributed by atoms with Crippen LogP contribution in [0.4, 0.5) is 0 Å². The molecule has 264 valence electrons. The summed E-state index contributed by atoms with van der Waals surface area (Å²) in [5.74, 6) is -6.25. The number of hydrogen-bond donors (Lipinski definition) is 2. The van der Waals surface area contributed by atoms with Gasteiger partial charge in [0.05, 0.1) is 0 Å². The first-order chi connectivity index (χ1) is 21.9. The van der Waals surface area contributed by atoms with Gasteiger partial charge in [0.2, 0.25) is 18.1 Å². The molecule has 2 amide bonds. The Morgan fingerprint density at radius 2 is 0.830 bits per heavy atom. The van der Waals surface area contributed by atoms with E-state index >= 15 is 0 Å². The van der Waals surface area contributed by atoms with Gasteiger partial charge < -0.3 is 53.3 Å². The number of nitrogens with one attached hydrogen (secondary N) is 2. The van der Waals surface area contributed by atoms with E-state index in [1.54, 1.807) is 0 Å². The maximum atomic E-state index is 12.4. The molecule has 2 fully saturated rings. The van der Waals surface area contributed by atoms with Crippen molar-refractivity contribution in [2.75, 3.05) is 13.2 Å². The van der Waals surface area contributed by atoms with Crippen molar-refractivity contribution in [2.45, 2.75) is 117 Å². The molecule has 47 heavy (non-hydrogen) atoms. The molecule has 0 unspecified atom stereocenters. The Bertz CT molecular complexity index is 1210. The molecule has 2 aliphatic heterocycles. The molecule has 10 atom stereocenters. The molecule has 0 aromatic heterocycles. The molecule has 0 spiro atoms. The molecule has 0 bridgehead atoms. The van der Waals surface area contributed by atoms with Gasteiger partial charge in [-0.25, -0.2) is 0 Å². The Labute approximate surface area is 269 Å². The van der Waals surface area contributed by atoms with Crippen molar-refractivity contribution in [3.8, 4) is 0 Å². The zero-order valence-corrected chi connectivity index (χ0v) is 27.1. The number of esters is 6. The molecule has 2 saturated heterocycles. The summed E-state index contributed by atoms with van der Waals surface area (Å²) in [5.41, 5.74) is 0. The second-order valence-corrected chi connectivity index (χ2v) is 10.6. The molecular weight excluding hydrogens is 636 g/mol. The van der Waals surface area contributed by atoms with Gasteiger partial charge in [-0.1, -0.05) is 0 Å². The van der Waals surface area contributed by atoms with E-state index in [4.69, 9.17) is 42.6 Å². The Balaban J connectivity index is 2.73. The minimum absolute atomic E-state index is 0.549. The smallest absolute Gasteiger partial charge is 0.305 e. The van der Waals surface area contributed by atoms with Crippen molar-refractivity contribution in [3.05, 3.63) is 0 Å². The molecule has 2 aliphatic rings. The van der Waals surface area contributed by atoms with Gasteiger partial charge in [-0.05, 0) is 0 Å². The van der Waals surface area contributed by atoms with E-state index < -0.39 is 122 Å². The summed E-state index contributed by atoms with van der Waals surface area (Å²) >= 11 is 0. The SMILES string of the molecule is CC(=O)N[C@H]1[C@H](OC(C)=O)O[C@@H](COC(C)=O)[C@@H](O[C@@H]2O[C@H](COC(C)=O)[C@@H](OC(C)=O)[C@@H](OC(C)=O)[C@H]2NC(C)=O)[C@H]1OC(C)=O. The van der Waals surface area contributed by atoms with E-state index in [-0.39, 0.29) is 0 Å². The highest BCUT2D eigenvalue weighted by Gasteiger charge is 2.56. The predicted molar refractivity (Wildman–Crippen MR) is 149 cm³/mol. The zero-order chi connectivity index (χ0) is 35.6. The van der Waals surface area contributed by atoms with E-state index in [0.717, 1.165) is 55.4 Å². The van der Waals surface area contributed by atoms with Crippen molar-refractivity contribution < 1.29 is 81.0 Å². The quantitative estimate of drug-likeness (QED) is 0.173. The summed E-state index contributed by atoms with van der Waals surface area (Å²) in [5, 5.41) is 5.02. The first-order valence-corrected chi connectivity index (χ1v) is 14.4. The van der Waals surface area contributed by atoms with Crippen LogP contribution in [0.15, 0.2) is 0 Å². The number of carbonyl (C=O) groups excluding carboxylic acids is 8. The number of amides is 2. The van der Waals surface area contributed by atoms with Crippen LogP contribution >= 0.6 is 0 Å². The molecule has 2 N–H and O–H groups in total. The average molecular weight is 677 g/mol. The molecule has 19 heteroatoms. The molecule has 2 heterocycles. The van der Waals surface area contributed by atoms with Crippen molar-refractivity contribution >= 4 is 47.6 Å². The van der Waals surface area contributed by atoms with E-state index in [1.807, 2.05) is 0 Å². The summed E-state index contributed by atoms with van der Waals surface area (Å²) in [7, 11) is 0. The lowest BCUT2D eigenvalue weighted by Gasteiger charge is -2.49. The van der Waals surface area contributed by atoms with Gasteiger partial charge in [0.1, 0.15) is 43.6 Å². The van der Waals surface area contributed by atoms with Crippen LogP contribution in [-0.4, -0.2) is 122 Å². The van der Waals surface area contributed by atoms with Gasteiger partial charge in [0.15, 0.2) is 24.6 Å². The number of rotatable bonds is 12. The standard InChI is InChI=1S/C28H40N2O17/c1-11(31)29-21-26(43-17(7)37)24(20(10-40-14(4)34)45-27(21)44-18(8)38)47-28-22(30-12(2)32)25(42-16(6)36)23(41-15(5)35)19(46-28)9-39-13(3)33/h19-28H,9-10H2,1-8H3,(H,29,31)(H,30,32)/t19-,20+,21-,22-,23-,24-,25+,26+,27-,28+/m1/s1. The van der Waals surface area contributed by atoms with Crippen molar-refractivity contribution in [1.82, 2.24) is 10.6 Å². The third-order valence-electron chi connectivity index (χ3n) is 6.41. The van der Waals surface area contributed by atoms with E-state index in [1.165, 1.54) is 0 Å². The van der Waals surface area contributed by atoms with Crippen LogP contribution in [0.3, 0.4) is 0 Å². The second-order valence-electron chi connectivity index (χ2n) is 10.6. The minimum Gasteiger partial charge on any atom is -0.463 e. The van der Waals surface area contributed by atoms with Gasteiger partial charge in [-0.15, -0.1) is 0 Å². The van der Waals surface area contributed by atoms with Crippen LogP contribution < -0.4 is 10.6 Å². The van der Waals surface area contributed by atoms with Gasteiger partial charge in [-0.2, -0.15) is 0 Å². The van der Waals surface area contributed by atoms with Crippen molar-refractivity contribution in [2.24, 2.45) is 0 Å². The van der Waals surface area contributed by atoms with Crippen LogP contribution in [-0.2, 0) is 81.0 Å². The highest BCUT2D eigenvalue weighted by molar-refractivity contribution is 5.74. The molecule has 0 aromatic carbocycles. The Morgan fingerprint density at radius 1 is 0.468 bits per heavy atom. The Hall–Kier alpha value is -4.36. The van der Waals surface area contributed by atoms with Crippen LogP contribution in [0, 0.1) is 0 Å². The molecule has 2 rings (SSSR count). The highest BCUT2D eigenvalue weighted by Crippen LogP contribution is 2.33. The molecule has 0 saturated carbocycles. The third-order valence-corrected chi connectivity index (χ3v) is 6.41. The lowest BCUT2D eigenvalue weighted by molar-refractivity contribution is -0.330. The molecule has 19 nitrogen and oxygen atoms in total. The van der Waals surface area contributed by atoms with E-state index in [9.17, 15) is 38.4 Å². The average Bonchev–Trinajstić information content (AvgIpc) is 2.91. The van der Waals surface area contributed by atoms with Gasteiger partial charge >= 0.3 is 35.8 Å². The first-order valence-electron chi connectivity index (χ1n) is 14.4. The fourth-order valence-electron chi connectivity index (χ4n) is 4.95. The van der Waals surface area contributed by atoms with Crippen molar-refractivity contribution in [3.63, 3.8) is 0 Å². The van der Waals surface area contributed by atoms with Crippen LogP contribution in [0.25, 0.3) is 0 Å². The predicted octanol–water partition coefficient (Wildman–Crippen LogP) is -1.68. The summed E-state index contributed by atoms with van der Waals surface area (Å²) in [4.78, 5) is 96.7. The van der Waals surface area contributed by atoms with E-state index in [0.29, 0.717) is 0 Å². The number of hydrogen-bond acceptors (Lipinski definition) is 17. The topological polar surface area (TPSA) is 244 Å². The molecule has 0 aromatic rings. The Morgan fingerprint density at radius 3 is 1.23 bits per heavy atom.